The van der Waals surface area contributed by atoms with E-state index in [0.29, 0.717) is 19.8 Å². The minimum atomic E-state index is -0.801. The zero-order valence-corrected chi connectivity index (χ0v) is 25.3. The van der Waals surface area contributed by atoms with E-state index in [1.165, 1.54) is 6.92 Å². The van der Waals surface area contributed by atoms with Gasteiger partial charge in [-0.15, -0.1) is 0 Å². The molecule has 5 rings (SSSR count). The van der Waals surface area contributed by atoms with Crippen LogP contribution >= 0.6 is 0 Å². The number of carbonyl (C=O) groups is 1. The van der Waals surface area contributed by atoms with E-state index < -0.39 is 30.6 Å². The van der Waals surface area contributed by atoms with E-state index in [9.17, 15) is 4.79 Å². The maximum absolute atomic E-state index is 12.3. The molecule has 1 aliphatic rings. The standard InChI is InChI=1S/C35H36O6Se/c1-26(36)40-35-34(42-30-20-12-5-13-21-30)33(39-24-29-18-10-4-11-19-29)32(38-23-28-16-8-3-9-17-28)31(41-35)25-37-22-27-14-6-2-7-15-27/h2-21,31-35H,22-25H2,1H3/t31-,32-,33+,34-,35-/m1/s1. The maximum atomic E-state index is 12.3. The molecule has 0 aromatic heterocycles. The number of esters is 1. The average molecular weight is 632 g/mol. The van der Waals surface area contributed by atoms with E-state index in [0.717, 1.165) is 21.2 Å². The molecule has 1 heterocycles. The SMILES string of the molecule is CC(=O)O[C@@H]1O[C@H](COCc2ccccc2)[C@@H](OCc2ccccc2)[C@H](OCc2ccccc2)[C@H]1[Se]c1ccccc1. The van der Waals surface area contributed by atoms with Crippen LogP contribution < -0.4 is 4.46 Å². The second-order valence-electron chi connectivity index (χ2n) is 10.1. The summed E-state index contributed by atoms with van der Waals surface area (Å²) in [6.07, 6.45) is -2.21. The van der Waals surface area contributed by atoms with Crippen molar-refractivity contribution in [1.82, 2.24) is 0 Å². The molecule has 1 saturated heterocycles. The van der Waals surface area contributed by atoms with Gasteiger partial charge in [0.15, 0.2) is 0 Å². The predicted molar refractivity (Wildman–Crippen MR) is 162 cm³/mol. The zero-order chi connectivity index (χ0) is 29.0. The van der Waals surface area contributed by atoms with E-state index in [2.05, 4.69) is 12.1 Å². The fourth-order valence-corrected chi connectivity index (χ4v) is 7.42. The minimum absolute atomic E-state index is 0.146. The number of rotatable bonds is 13. The number of hydrogen-bond acceptors (Lipinski definition) is 6. The first-order valence-corrected chi connectivity index (χ1v) is 16.0. The molecule has 42 heavy (non-hydrogen) atoms. The van der Waals surface area contributed by atoms with Crippen LogP contribution in [0.4, 0.5) is 0 Å². The third-order valence-corrected chi connectivity index (χ3v) is 9.60. The Labute approximate surface area is 254 Å². The summed E-state index contributed by atoms with van der Waals surface area (Å²) in [5.74, 6) is -0.400. The second-order valence-corrected chi connectivity index (χ2v) is 12.7. The molecule has 0 N–H and O–H groups in total. The molecule has 0 saturated carbocycles. The molecule has 0 unspecified atom stereocenters. The van der Waals surface area contributed by atoms with Crippen LogP contribution in [-0.2, 0) is 48.3 Å². The molecule has 0 amide bonds. The van der Waals surface area contributed by atoms with Gasteiger partial charge in [0, 0.05) is 0 Å². The predicted octanol–water partition coefficient (Wildman–Crippen LogP) is 5.48. The van der Waals surface area contributed by atoms with E-state index in [-0.39, 0.29) is 26.4 Å². The average Bonchev–Trinajstić information content (AvgIpc) is 3.02. The van der Waals surface area contributed by atoms with Gasteiger partial charge in [0.05, 0.1) is 0 Å². The molecule has 0 bridgehead atoms. The van der Waals surface area contributed by atoms with Gasteiger partial charge >= 0.3 is 255 Å². The van der Waals surface area contributed by atoms with Crippen LogP contribution in [0.15, 0.2) is 121 Å². The Balaban J connectivity index is 1.44. The van der Waals surface area contributed by atoms with Crippen LogP contribution in [-0.4, -0.2) is 52.1 Å². The Bertz CT molecular complexity index is 1340. The van der Waals surface area contributed by atoms with Gasteiger partial charge in [-0.1, -0.05) is 0 Å². The van der Waals surface area contributed by atoms with Crippen molar-refractivity contribution >= 4 is 25.4 Å². The van der Waals surface area contributed by atoms with Crippen LogP contribution in [0.3, 0.4) is 0 Å². The third-order valence-electron chi connectivity index (χ3n) is 6.85. The van der Waals surface area contributed by atoms with E-state index >= 15 is 0 Å². The zero-order valence-electron chi connectivity index (χ0n) is 23.6. The van der Waals surface area contributed by atoms with Crippen molar-refractivity contribution in [2.45, 2.75) is 56.2 Å². The van der Waals surface area contributed by atoms with E-state index in [1.807, 2.05) is 109 Å². The molecule has 218 valence electrons. The molecular weight excluding hydrogens is 595 g/mol. The fraction of sp³-hybridized carbons (Fsp3) is 0.286. The van der Waals surface area contributed by atoms with Crippen LogP contribution in [0, 0.1) is 0 Å². The summed E-state index contributed by atoms with van der Waals surface area (Å²) < 4.78 is 33.1. The number of carbonyl (C=O) groups excluding carboxylic acids is 1. The normalized spacial score (nSPS) is 22.0. The molecule has 0 radical (unpaired) electrons. The van der Waals surface area contributed by atoms with Gasteiger partial charge in [0.2, 0.25) is 0 Å². The van der Waals surface area contributed by atoms with Gasteiger partial charge in [-0.2, -0.15) is 0 Å². The van der Waals surface area contributed by atoms with Crippen molar-refractivity contribution < 1.29 is 28.5 Å². The fourth-order valence-electron chi connectivity index (χ4n) is 4.84. The third kappa shape index (κ3) is 8.85. The summed E-state index contributed by atoms with van der Waals surface area (Å²) in [4.78, 5) is 12.0. The molecule has 5 atom stereocenters. The molecule has 1 fully saturated rings. The Hall–Kier alpha value is -3.29. The van der Waals surface area contributed by atoms with Crippen molar-refractivity contribution in [3.63, 3.8) is 0 Å². The summed E-state index contributed by atoms with van der Waals surface area (Å²) in [6.45, 7) is 2.87. The van der Waals surface area contributed by atoms with Crippen LogP contribution in [0.1, 0.15) is 23.6 Å². The van der Waals surface area contributed by atoms with Crippen molar-refractivity contribution in [2.24, 2.45) is 0 Å². The van der Waals surface area contributed by atoms with Gasteiger partial charge in [-0.3, -0.25) is 0 Å². The topological polar surface area (TPSA) is 63.2 Å². The Morgan fingerprint density at radius 3 is 1.67 bits per heavy atom. The molecule has 6 nitrogen and oxygen atoms in total. The van der Waals surface area contributed by atoms with Gasteiger partial charge in [0.25, 0.3) is 0 Å². The monoisotopic (exact) mass is 632 g/mol. The number of ether oxygens (including phenoxy) is 5. The first-order chi connectivity index (χ1) is 20.7. The van der Waals surface area contributed by atoms with E-state index in [4.69, 9.17) is 23.7 Å². The first kappa shape index (κ1) is 30.2. The van der Waals surface area contributed by atoms with Crippen molar-refractivity contribution in [1.29, 1.82) is 0 Å². The van der Waals surface area contributed by atoms with Crippen LogP contribution in [0.2, 0.25) is 4.82 Å². The summed E-state index contributed by atoms with van der Waals surface area (Å²) in [5.41, 5.74) is 3.17. The second kappa shape index (κ2) is 15.8. The summed E-state index contributed by atoms with van der Waals surface area (Å²) in [5, 5.41) is 0. The Morgan fingerprint density at radius 2 is 1.14 bits per heavy atom. The summed E-state index contributed by atoms with van der Waals surface area (Å²) in [6, 6.07) is 40.4. The van der Waals surface area contributed by atoms with Crippen molar-refractivity contribution in [2.75, 3.05) is 6.61 Å². The van der Waals surface area contributed by atoms with Crippen LogP contribution in [0.25, 0.3) is 0 Å². The Morgan fingerprint density at radius 1 is 0.667 bits per heavy atom. The number of hydrogen-bond donors (Lipinski definition) is 0. The van der Waals surface area contributed by atoms with Gasteiger partial charge in [0.1, 0.15) is 0 Å². The van der Waals surface area contributed by atoms with Crippen LogP contribution in [0.5, 0.6) is 0 Å². The molecular formula is C35H36O6Se. The van der Waals surface area contributed by atoms with Gasteiger partial charge in [-0.25, -0.2) is 0 Å². The van der Waals surface area contributed by atoms with E-state index in [1.54, 1.807) is 0 Å². The molecule has 1 aliphatic heterocycles. The molecule has 0 aliphatic carbocycles. The molecule has 0 spiro atoms. The van der Waals surface area contributed by atoms with Gasteiger partial charge in [-0.05, 0) is 0 Å². The molecule has 7 heteroatoms. The Kier molecular flexibility index (Phi) is 11.4. The quantitative estimate of drug-likeness (QED) is 0.144. The molecule has 4 aromatic rings. The number of benzene rings is 4. The van der Waals surface area contributed by atoms with Gasteiger partial charge < -0.3 is 0 Å². The van der Waals surface area contributed by atoms with Crippen molar-refractivity contribution in [3.8, 4) is 0 Å². The summed E-state index contributed by atoms with van der Waals surface area (Å²) >= 11 is -0.146. The van der Waals surface area contributed by atoms with Crippen molar-refractivity contribution in [3.05, 3.63) is 138 Å². The summed E-state index contributed by atoms with van der Waals surface area (Å²) in [7, 11) is 0. The molecule has 4 aromatic carbocycles. The first-order valence-electron chi connectivity index (χ1n) is 14.1.